The third-order valence-electron chi connectivity index (χ3n) is 2.72. The summed E-state index contributed by atoms with van der Waals surface area (Å²) in [6, 6.07) is 10.9. The second-order valence-electron chi connectivity index (χ2n) is 4.06. The maximum atomic E-state index is 6.39. The van der Waals surface area contributed by atoms with E-state index in [9.17, 15) is 0 Å². The van der Waals surface area contributed by atoms with Crippen molar-refractivity contribution in [1.29, 1.82) is 0 Å². The van der Waals surface area contributed by atoms with E-state index in [1.165, 1.54) is 0 Å². The summed E-state index contributed by atoms with van der Waals surface area (Å²) in [5, 5.41) is 1.75. The first kappa shape index (κ1) is 15.3. The fourth-order valence-corrected chi connectivity index (χ4v) is 2.92. The van der Waals surface area contributed by atoms with Crippen LogP contribution in [0.25, 0.3) is 0 Å². The van der Waals surface area contributed by atoms with Crippen molar-refractivity contribution in [3.63, 3.8) is 0 Å². The first-order chi connectivity index (χ1) is 8.99. The summed E-state index contributed by atoms with van der Waals surface area (Å²) >= 11 is 30.4. The predicted octanol–water partition coefficient (Wildman–Crippen LogP) is 6.82. The molecular formula is C14H9Cl5. The number of alkyl halides is 1. The molecule has 0 saturated heterocycles. The van der Waals surface area contributed by atoms with Gasteiger partial charge in [-0.2, -0.15) is 0 Å². The van der Waals surface area contributed by atoms with Crippen molar-refractivity contribution in [2.75, 3.05) is 0 Å². The molecule has 0 radical (unpaired) electrons. The van der Waals surface area contributed by atoms with Crippen molar-refractivity contribution in [2.45, 2.75) is 11.8 Å². The highest BCUT2D eigenvalue weighted by Gasteiger charge is 2.15. The van der Waals surface area contributed by atoms with Crippen molar-refractivity contribution in [3.8, 4) is 0 Å². The molecule has 2 aromatic carbocycles. The van der Waals surface area contributed by atoms with E-state index in [0.29, 0.717) is 26.5 Å². The Kier molecular flexibility index (Phi) is 5.28. The molecule has 0 heterocycles. The van der Waals surface area contributed by atoms with Crippen molar-refractivity contribution in [2.24, 2.45) is 0 Å². The lowest BCUT2D eigenvalue weighted by atomic mass is 10.0. The average molecular weight is 354 g/mol. The molecule has 100 valence electrons. The van der Waals surface area contributed by atoms with E-state index in [4.69, 9.17) is 58.0 Å². The molecule has 0 aliphatic rings. The van der Waals surface area contributed by atoms with Crippen LogP contribution in [0.15, 0.2) is 36.4 Å². The van der Waals surface area contributed by atoms with Gasteiger partial charge in [-0.15, -0.1) is 11.6 Å². The third-order valence-corrected chi connectivity index (χ3v) is 4.68. The normalized spacial score (nSPS) is 12.5. The van der Waals surface area contributed by atoms with Crippen LogP contribution in [0.1, 0.15) is 16.5 Å². The third kappa shape index (κ3) is 3.71. The van der Waals surface area contributed by atoms with Gasteiger partial charge in [0.25, 0.3) is 0 Å². The van der Waals surface area contributed by atoms with Crippen molar-refractivity contribution >= 4 is 58.0 Å². The number of hydrogen-bond acceptors (Lipinski definition) is 0. The highest BCUT2D eigenvalue weighted by molar-refractivity contribution is 6.43. The summed E-state index contributed by atoms with van der Waals surface area (Å²) < 4.78 is 0. The molecule has 19 heavy (non-hydrogen) atoms. The van der Waals surface area contributed by atoms with Crippen molar-refractivity contribution in [1.82, 2.24) is 0 Å². The molecule has 0 nitrogen and oxygen atoms in total. The van der Waals surface area contributed by atoms with Gasteiger partial charge in [-0.25, -0.2) is 0 Å². The lowest BCUT2D eigenvalue weighted by Crippen LogP contribution is -1.97. The van der Waals surface area contributed by atoms with Gasteiger partial charge < -0.3 is 0 Å². The van der Waals surface area contributed by atoms with Gasteiger partial charge in [0.1, 0.15) is 0 Å². The molecule has 0 aliphatic heterocycles. The van der Waals surface area contributed by atoms with Crippen LogP contribution in [-0.4, -0.2) is 0 Å². The van der Waals surface area contributed by atoms with Crippen LogP contribution < -0.4 is 0 Å². The molecule has 0 aliphatic carbocycles. The van der Waals surface area contributed by atoms with E-state index in [2.05, 4.69) is 0 Å². The summed E-state index contributed by atoms with van der Waals surface area (Å²) in [6.07, 6.45) is 0.596. The molecule has 0 spiro atoms. The van der Waals surface area contributed by atoms with E-state index >= 15 is 0 Å². The van der Waals surface area contributed by atoms with Crippen molar-refractivity contribution in [3.05, 3.63) is 67.6 Å². The van der Waals surface area contributed by atoms with Crippen LogP contribution in [-0.2, 0) is 6.42 Å². The van der Waals surface area contributed by atoms with Gasteiger partial charge in [0, 0.05) is 0 Å². The van der Waals surface area contributed by atoms with E-state index < -0.39 is 0 Å². The Balaban J connectivity index is 2.23. The van der Waals surface area contributed by atoms with Crippen LogP contribution in [0.3, 0.4) is 0 Å². The number of hydrogen-bond donors (Lipinski definition) is 0. The molecule has 0 fully saturated rings. The monoisotopic (exact) mass is 352 g/mol. The SMILES string of the molecule is Clc1ccc(CC(Cl)c2cccc(Cl)c2Cl)cc1Cl. The van der Waals surface area contributed by atoms with Gasteiger partial charge in [-0.3, -0.25) is 0 Å². The van der Waals surface area contributed by atoms with Gasteiger partial charge in [0.05, 0.1) is 25.5 Å². The first-order valence-electron chi connectivity index (χ1n) is 5.51. The van der Waals surface area contributed by atoms with Gasteiger partial charge in [-0.1, -0.05) is 64.6 Å². The lowest BCUT2D eigenvalue weighted by molar-refractivity contribution is 0.920. The highest BCUT2D eigenvalue weighted by Crippen LogP contribution is 2.35. The topological polar surface area (TPSA) is 0 Å². The molecule has 1 atom stereocenters. The molecule has 1 unspecified atom stereocenters. The Bertz CT molecular complexity index is 594. The van der Waals surface area contributed by atoms with E-state index in [-0.39, 0.29) is 5.38 Å². The summed E-state index contributed by atoms with van der Waals surface area (Å²) in [6.45, 7) is 0. The van der Waals surface area contributed by atoms with Gasteiger partial charge in [-0.05, 0) is 35.7 Å². The zero-order valence-corrected chi connectivity index (χ0v) is 13.4. The molecule has 0 saturated carbocycles. The number of halogens is 5. The Morgan fingerprint density at radius 2 is 1.58 bits per heavy atom. The molecule has 0 aromatic heterocycles. The Labute approximate surface area is 137 Å². The molecule has 5 heteroatoms. The molecule has 2 aromatic rings. The Morgan fingerprint density at radius 3 is 2.26 bits per heavy atom. The zero-order valence-electron chi connectivity index (χ0n) is 9.64. The second-order valence-corrected chi connectivity index (χ2v) is 6.19. The van der Waals surface area contributed by atoms with Crippen LogP contribution in [0.5, 0.6) is 0 Å². The van der Waals surface area contributed by atoms with Gasteiger partial charge >= 0.3 is 0 Å². The standard InChI is InChI=1S/C14H9Cl5/c15-10-5-4-8(7-13(10)18)6-12(17)9-2-1-3-11(16)14(9)19/h1-5,7,12H,6H2. The highest BCUT2D eigenvalue weighted by atomic mass is 35.5. The predicted molar refractivity (Wildman–Crippen MR) is 85.2 cm³/mol. The minimum absolute atomic E-state index is 0.275. The second kappa shape index (κ2) is 6.56. The Morgan fingerprint density at radius 1 is 0.842 bits per heavy atom. The molecule has 0 N–H and O–H groups in total. The summed E-state index contributed by atoms with van der Waals surface area (Å²) in [5.41, 5.74) is 1.80. The largest absolute Gasteiger partial charge is 0.117 e. The quantitative estimate of drug-likeness (QED) is 0.530. The molecule has 2 rings (SSSR count). The first-order valence-corrected chi connectivity index (χ1v) is 7.45. The lowest BCUT2D eigenvalue weighted by Gasteiger charge is -2.13. The van der Waals surface area contributed by atoms with Crippen LogP contribution in [0.4, 0.5) is 0 Å². The molecular weight excluding hydrogens is 345 g/mol. The smallest absolute Gasteiger partial charge is 0.0640 e. The minimum atomic E-state index is -0.275. The number of benzene rings is 2. The van der Waals surface area contributed by atoms with E-state index in [1.807, 2.05) is 18.2 Å². The summed E-state index contributed by atoms with van der Waals surface area (Å²) in [4.78, 5) is 0. The fraction of sp³-hybridized carbons (Fsp3) is 0.143. The van der Waals surface area contributed by atoms with E-state index in [1.54, 1.807) is 18.2 Å². The fourth-order valence-electron chi connectivity index (χ4n) is 1.75. The number of rotatable bonds is 3. The van der Waals surface area contributed by atoms with E-state index in [0.717, 1.165) is 11.1 Å². The van der Waals surface area contributed by atoms with Crippen molar-refractivity contribution < 1.29 is 0 Å². The Hall–Kier alpha value is -0.110. The zero-order chi connectivity index (χ0) is 14.0. The maximum Gasteiger partial charge on any atom is 0.0640 e. The molecule has 0 bridgehead atoms. The average Bonchev–Trinajstić information content (AvgIpc) is 2.37. The van der Waals surface area contributed by atoms with Crippen LogP contribution in [0.2, 0.25) is 20.1 Å². The van der Waals surface area contributed by atoms with Gasteiger partial charge in [0.2, 0.25) is 0 Å². The van der Waals surface area contributed by atoms with Gasteiger partial charge in [0.15, 0.2) is 0 Å². The summed E-state index contributed by atoms with van der Waals surface area (Å²) in [7, 11) is 0. The van der Waals surface area contributed by atoms with Crippen LogP contribution >= 0.6 is 58.0 Å². The maximum absolute atomic E-state index is 6.39. The minimum Gasteiger partial charge on any atom is -0.117 e. The summed E-state index contributed by atoms with van der Waals surface area (Å²) in [5.74, 6) is 0. The molecule has 0 amide bonds. The van der Waals surface area contributed by atoms with Crippen LogP contribution in [0, 0.1) is 0 Å².